The summed E-state index contributed by atoms with van der Waals surface area (Å²) in [6.45, 7) is -0.248. The Balaban J connectivity index is 1.15. The lowest BCUT2D eigenvalue weighted by molar-refractivity contribution is 1.15. The second kappa shape index (κ2) is 14.3. The van der Waals surface area contributed by atoms with Gasteiger partial charge in [-0.2, -0.15) is 0 Å². The van der Waals surface area contributed by atoms with E-state index < -0.39 is 0 Å². The fourth-order valence-corrected chi connectivity index (χ4v) is 14.1. The van der Waals surface area contributed by atoms with Gasteiger partial charge in [-0.25, -0.2) is 0 Å². The number of pyridine rings is 2. The van der Waals surface area contributed by atoms with Crippen LogP contribution in [0.25, 0.3) is 121 Å². The lowest BCUT2D eigenvalue weighted by Gasteiger charge is -2.40. The van der Waals surface area contributed by atoms with E-state index in [1.165, 1.54) is 154 Å². The Labute approximate surface area is 416 Å². The number of hydrogen-bond donors (Lipinski definition) is 0. The maximum Gasteiger partial charge on any atom is 0.248 e. The first-order valence-corrected chi connectivity index (χ1v) is 25.3. The van der Waals surface area contributed by atoms with Crippen LogP contribution < -0.4 is 32.8 Å². The van der Waals surface area contributed by atoms with Crippen molar-refractivity contribution in [2.45, 2.75) is 0 Å². The summed E-state index contributed by atoms with van der Waals surface area (Å²) >= 11 is 0. The smallest absolute Gasteiger partial charge is 0.248 e. The average molecular weight is 907 g/mol. The lowest BCUT2D eigenvalue weighted by Crippen LogP contribution is -2.64. The van der Waals surface area contributed by atoms with E-state index in [0.29, 0.717) is 0 Å². The molecule has 0 saturated carbocycles. The van der Waals surface area contributed by atoms with Crippen LogP contribution in [-0.2, 0) is 0 Å². The molecule has 2 nitrogen and oxygen atoms in total. The van der Waals surface area contributed by atoms with Crippen LogP contribution in [0.1, 0.15) is 0 Å². The average Bonchev–Trinajstić information content (AvgIpc) is 3.45. The van der Waals surface area contributed by atoms with Gasteiger partial charge >= 0.3 is 0 Å². The van der Waals surface area contributed by atoms with Crippen LogP contribution in [0, 0.1) is 0 Å². The molecule has 2 aliphatic rings. The monoisotopic (exact) mass is 906 g/mol. The van der Waals surface area contributed by atoms with Crippen molar-refractivity contribution in [2.75, 3.05) is 0 Å². The van der Waals surface area contributed by atoms with Gasteiger partial charge in [-0.3, -0.25) is 0 Å². The van der Waals surface area contributed by atoms with Crippen LogP contribution in [0.3, 0.4) is 0 Å². The highest BCUT2D eigenvalue weighted by Crippen LogP contribution is 2.47. The topological polar surface area (TPSA) is 9.34 Å². The first-order chi connectivity index (χ1) is 35.8. The molecule has 17 rings (SSSR count). The van der Waals surface area contributed by atoms with Gasteiger partial charge in [0.15, 0.2) is 0 Å². The first kappa shape index (κ1) is 38.7. The molecule has 3 aromatic heterocycles. The number of nitrogens with zero attached hydrogens (tertiary/aromatic N) is 2. The standard InChI is InChI=1S/C68H40B2N2/c1-5-19-41(20-6-1)47-29-15-30-48(42-21-7-2-8-22-42)61(47)69-55-37-18-38-56-64(55)72-65-57(69)39-45-27-13-33-51-53-35-17-36-54-52-34-14-28-46-40-58(66(72)68(60(46)52)71(63(53)54)67(65)59(45)51)70(56)62-49(43-23-9-3-10-24-43)31-16-32-50(62)44-25-11-4-12-26-44/h1-40H. The van der Waals surface area contributed by atoms with Gasteiger partial charge in [0.05, 0.1) is 27.6 Å². The minimum absolute atomic E-state index is 0.124. The van der Waals surface area contributed by atoms with Crippen LogP contribution in [-0.4, -0.2) is 22.4 Å². The molecule has 328 valence electrons. The number of rotatable bonds is 6. The first-order valence-electron chi connectivity index (χ1n) is 25.3. The Morgan fingerprint density at radius 2 is 0.611 bits per heavy atom. The second-order valence-electron chi connectivity index (χ2n) is 20.2. The quantitative estimate of drug-likeness (QED) is 0.0893. The summed E-state index contributed by atoms with van der Waals surface area (Å²) in [4.78, 5) is 0. The molecular weight excluding hydrogens is 866 g/mol. The van der Waals surface area contributed by atoms with Crippen molar-refractivity contribution in [2.24, 2.45) is 0 Å². The summed E-state index contributed by atoms with van der Waals surface area (Å²) in [5.41, 5.74) is 25.7. The Morgan fingerprint density at radius 3 is 1.01 bits per heavy atom. The third kappa shape index (κ3) is 4.91. The Kier molecular flexibility index (Phi) is 7.66. The van der Waals surface area contributed by atoms with Gasteiger partial charge in [0.25, 0.3) is 0 Å². The summed E-state index contributed by atoms with van der Waals surface area (Å²) in [7, 11) is 0. The maximum atomic E-state index is 2.77. The molecule has 0 bridgehead atoms. The highest BCUT2D eigenvalue weighted by molar-refractivity contribution is 7.03. The fourth-order valence-electron chi connectivity index (χ4n) is 14.1. The van der Waals surface area contributed by atoms with Gasteiger partial charge in [0.1, 0.15) is 0 Å². The molecule has 0 aliphatic carbocycles. The molecule has 12 aromatic carbocycles. The van der Waals surface area contributed by atoms with Gasteiger partial charge in [0.2, 0.25) is 13.4 Å². The van der Waals surface area contributed by atoms with Gasteiger partial charge < -0.3 is 8.97 Å². The van der Waals surface area contributed by atoms with Crippen molar-refractivity contribution in [3.63, 3.8) is 0 Å². The molecule has 0 fully saturated rings. The number of para-hydroxylation sites is 2. The zero-order valence-corrected chi connectivity index (χ0v) is 39.1. The summed E-state index contributed by atoms with van der Waals surface area (Å²) in [5.74, 6) is 0. The molecule has 0 amide bonds. The Bertz CT molecular complexity index is 4320. The van der Waals surface area contributed by atoms with Crippen molar-refractivity contribution in [1.29, 1.82) is 0 Å². The molecule has 2 aliphatic heterocycles. The molecule has 0 radical (unpaired) electrons. The Hall–Kier alpha value is -9.11. The number of fused-ring (bicyclic) bond motifs is 2. The lowest BCUT2D eigenvalue weighted by atomic mass is 9.29. The molecule has 15 aromatic rings. The third-order valence-electron chi connectivity index (χ3n) is 16.7. The predicted molar refractivity (Wildman–Crippen MR) is 308 cm³/mol. The fraction of sp³-hybridized carbons (Fsp3) is 0. The summed E-state index contributed by atoms with van der Waals surface area (Å²) in [6, 6.07) is 91.9. The van der Waals surface area contributed by atoms with Crippen LogP contribution >= 0.6 is 0 Å². The van der Waals surface area contributed by atoms with Gasteiger partial charge in [0, 0.05) is 27.2 Å². The largest absolute Gasteiger partial charge is 0.308 e. The molecule has 0 saturated heterocycles. The van der Waals surface area contributed by atoms with Crippen LogP contribution in [0.5, 0.6) is 0 Å². The molecule has 0 spiro atoms. The van der Waals surface area contributed by atoms with Crippen LogP contribution in [0.4, 0.5) is 0 Å². The van der Waals surface area contributed by atoms with Gasteiger partial charge in [-0.05, 0) is 87.9 Å². The second-order valence-corrected chi connectivity index (χ2v) is 20.2. The molecule has 72 heavy (non-hydrogen) atoms. The van der Waals surface area contributed by atoms with E-state index in [-0.39, 0.29) is 13.4 Å². The summed E-state index contributed by atoms with van der Waals surface area (Å²) in [5, 5.41) is 10.4. The SMILES string of the molecule is c1ccc(-c2cccc(-c3ccccc3)c2B2c3cccc4c3-n3c5c2cc2cccc6c7cccc8c9cccc%10cc(c3c(c%109)n(c78)c5c26)B4c2c(-c3ccccc3)cccc2-c2ccccc2)cc1. The Morgan fingerprint density at radius 1 is 0.264 bits per heavy atom. The number of aromatic nitrogens is 2. The number of hydrogen-bond acceptors (Lipinski definition) is 0. The minimum Gasteiger partial charge on any atom is -0.308 e. The van der Waals surface area contributed by atoms with Crippen molar-refractivity contribution < 1.29 is 0 Å². The molecule has 5 heterocycles. The molecule has 0 atom stereocenters. The highest BCUT2D eigenvalue weighted by atomic mass is 15.1. The highest BCUT2D eigenvalue weighted by Gasteiger charge is 2.45. The van der Waals surface area contributed by atoms with Crippen molar-refractivity contribution in [3.8, 4) is 50.2 Å². The van der Waals surface area contributed by atoms with E-state index >= 15 is 0 Å². The summed E-state index contributed by atoms with van der Waals surface area (Å²) < 4.78 is 5.52. The zero-order chi connectivity index (χ0) is 46.8. The molecule has 0 unspecified atom stereocenters. The van der Waals surface area contributed by atoms with E-state index in [1.54, 1.807) is 0 Å². The van der Waals surface area contributed by atoms with E-state index in [0.717, 1.165) is 0 Å². The molecule has 4 heteroatoms. The van der Waals surface area contributed by atoms with Crippen LogP contribution in [0.2, 0.25) is 0 Å². The van der Waals surface area contributed by atoms with Crippen molar-refractivity contribution >= 4 is 117 Å². The van der Waals surface area contributed by atoms with Crippen LogP contribution in [0.15, 0.2) is 243 Å². The van der Waals surface area contributed by atoms with Gasteiger partial charge in [-0.1, -0.05) is 254 Å². The van der Waals surface area contributed by atoms with E-state index in [1.807, 2.05) is 0 Å². The third-order valence-corrected chi connectivity index (χ3v) is 16.7. The van der Waals surface area contributed by atoms with E-state index in [4.69, 9.17) is 0 Å². The van der Waals surface area contributed by atoms with Gasteiger partial charge in [-0.15, -0.1) is 0 Å². The maximum absolute atomic E-state index is 2.77. The summed E-state index contributed by atoms with van der Waals surface area (Å²) in [6.07, 6.45) is 0. The van der Waals surface area contributed by atoms with E-state index in [9.17, 15) is 0 Å². The molecular formula is C68H40B2N2. The van der Waals surface area contributed by atoms with Crippen molar-refractivity contribution in [3.05, 3.63) is 243 Å². The van der Waals surface area contributed by atoms with E-state index in [2.05, 4.69) is 252 Å². The van der Waals surface area contributed by atoms with Crippen molar-refractivity contribution in [1.82, 2.24) is 8.97 Å². The minimum atomic E-state index is -0.124. The zero-order valence-electron chi connectivity index (χ0n) is 39.1. The predicted octanol–water partition coefficient (Wildman–Crippen LogP) is 12.9. The number of benzene rings is 12. The normalized spacial score (nSPS) is 12.9. The molecule has 0 N–H and O–H groups in total.